The average Bonchev–Trinajstić information content (AvgIpc) is 3.16. The molecule has 3 nitrogen and oxygen atoms in total. The van der Waals surface area contributed by atoms with Crippen molar-refractivity contribution in [2.24, 2.45) is 0 Å². The topological polar surface area (TPSA) is 29.3 Å². The van der Waals surface area contributed by atoms with Gasteiger partial charge in [-0.3, -0.25) is 4.90 Å². The summed E-state index contributed by atoms with van der Waals surface area (Å²) in [6, 6.07) is 11.6. The fourth-order valence-corrected chi connectivity index (χ4v) is 3.20. The number of rotatable bonds is 5. The van der Waals surface area contributed by atoms with Crippen LogP contribution >= 0.6 is 0 Å². The largest absolute Gasteiger partial charge is 0.361 e. The number of nitrogens with zero attached hydrogens (tertiary/aromatic N) is 2. The second-order valence-corrected chi connectivity index (χ2v) is 6.61. The smallest absolute Gasteiger partial charge is 0.139 e. The Balaban J connectivity index is 1.71. The zero-order valence-corrected chi connectivity index (χ0v) is 13.9. The van der Waals surface area contributed by atoms with Gasteiger partial charge in [0.1, 0.15) is 11.5 Å². The van der Waals surface area contributed by atoms with Gasteiger partial charge in [-0.1, -0.05) is 50.2 Å². The molecule has 0 spiro atoms. The summed E-state index contributed by atoms with van der Waals surface area (Å²) in [5.74, 6) is 1.40. The van der Waals surface area contributed by atoms with Gasteiger partial charge in [0.05, 0.1) is 6.04 Å². The molecule has 0 N–H and O–H groups in total. The molecule has 2 heterocycles. The lowest BCUT2D eigenvalue weighted by Crippen LogP contribution is -2.23. The Morgan fingerprint density at radius 2 is 1.95 bits per heavy atom. The Morgan fingerprint density at radius 3 is 2.59 bits per heavy atom. The Hall–Kier alpha value is -1.61. The molecule has 0 radical (unpaired) electrons. The number of aryl methyl sites for hydroxylation is 1. The molecule has 3 heteroatoms. The third kappa shape index (κ3) is 3.25. The van der Waals surface area contributed by atoms with E-state index in [2.05, 4.69) is 61.2 Å². The van der Waals surface area contributed by atoms with Gasteiger partial charge in [-0.2, -0.15) is 0 Å². The summed E-state index contributed by atoms with van der Waals surface area (Å²) in [7, 11) is 0. The number of hydrogen-bond donors (Lipinski definition) is 0. The summed E-state index contributed by atoms with van der Waals surface area (Å²) in [6.45, 7) is 8.63. The van der Waals surface area contributed by atoms with Crippen LogP contribution < -0.4 is 0 Å². The molecule has 1 aliphatic heterocycles. The Bertz CT molecular complexity index is 600. The molecule has 1 aromatic heterocycles. The van der Waals surface area contributed by atoms with E-state index in [0.29, 0.717) is 12.0 Å². The molecule has 22 heavy (non-hydrogen) atoms. The van der Waals surface area contributed by atoms with E-state index in [4.69, 9.17) is 4.52 Å². The van der Waals surface area contributed by atoms with Crippen LogP contribution in [-0.4, -0.2) is 16.6 Å². The van der Waals surface area contributed by atoms with Gasteiger partial charge in [-0.25, -0.2) is 0 Å². The molecule has 0 amide bonds. The van der Waals surface area contributed by atoms with Gasteiger partial charge in [0.2, 0.25) is 0 Å². The van der Waals surface area contributed by atoms with Crippen molar-refractivity contribution < 1.29 is 4.52 Å². The van der Waals surface area contributed by atoms with Crippen LogP contribution in [0.25, 0.3) is 0 Å². The molecular formula is C19H26N2O. The maximum absolute atomic E-state index is 5.49. The van der Waals surface area contributed by atoms with Crippen molar-refractivity contribution in [2.45, 2.75) is 58.5 Å². The fourth-order valence-electron chi connectivity index (χ4n) is 3.20. The van der Waals surface area contributed by atoms with Gasteiger partial charge in [0, 0.05) is 18.5 Å². The normalized spacial score (nSPS) is 19.2. The minimum absolute atomic E-state index is 0.401. The maximum atomic E-state index is 5.49. The summed E-state index contributed by atoms with van der Waals surface area (Å²) in [4.78, 5) is 2.53. The summed E-state index contributed by atoms with van der Waals surface area (Å²) in [5, 5.41) is 4.32. The van der Waals surface area contributed by atoms with E-state index < -0.39 is 0 Å². The predicted molar refractivity (Wildman–Crippen MR) is 88.8 cm³/mol. The Labute approximate surface area is 133 Å². The van der Waals surface area contributed by atoms with Crippen molar-refractivity contribution in [3.05, 3.63) is 52.9 Å². The lowest BCUT2D eigenvalue weighted by atomic mass is 10.1. The molecule has 1 fully saturated rings. The lowest BCUT2D eigenvalue weighted by molar-refractivity contribution is 0.236. The van der Waals surface area contributed by atoms with Crippen LogP contribution in [0.4, 0.5) is 0 Å². The van der Waals surface area contributed by atoms with E-state index in [1.54, 1.807) is 0 Å². The minimum Gasteiger partial charge on any atom is -0.361 e. The summed E-state index contributed by atoms with van der Waals surface area (Å²) >= 11 is 0. The van der Waals surface area contributed by atoms with E-state index >= 15 is 0 Å². The minimum atomic E-state index is 0.401. The third-order valence-corrected chi connectivity index (χ3v) is 4.64. The van der Waals surface area contributed by atoms with Crippen LogP contribution in [-0.2, 0) is 13.0 Å². The lowest BCUT2D eigenvalue weighted by Gasteiger charge is -2.22. The second-order valence-electron chi connectivity index (χ2n) is 6.61. The molecule has 2 aromatic rings. The monoisotopic (exact) mass is 298 g/mol. The molecule has 1 atom stereocenters. The Morgan fingerprint density at radius 1 is 1.23 bits per heavy atom. The van der Waals surface area contributed by atoms with E-state index in [1.807, 2.05) is 0 Å². The van der Waals surface area contributed by atoms with E-state index in [0.717, 1.165) is 31.0 Å². The molecule has 1 aromatic carbocycles. The summed E-state index contributed by atoms with van der Waals surface area (Å²) < 4.78 is 5.49. The van der Waals surface area contributed by atoms with Gasteiger partial charge in [0.15, 0.2) is 0 Å². The highest BCUT2D eigenvalue weighted by atomic mass is 16.5. The molecule has 118 valence electrons. The first kappa shape index (κ1) is 15.3. The fraction of sp³-hybridized carbons (Fsp3) is 0.526. The van der Waals surface area contributed by atoms with Crippen molar-refractivity contribution in [1.82, 2.24) is 10.1 Å². The highest BCUT2D eigenvalue weighted by Crippen LogP contribution is 2.33. The van der Waals surface area contributed by atoms with Crippen LogP contribution in [0.2, 0.25) is 0 Å². The van der Waals surface area contributed by atoms with Gasteiger partial charge >= 0.3 is 0 Å². The van der Waals surface area contributed by atoms with Crippen molar-refractivity contribution in [3.8, 4) is 0 Å². The quantitative estimate of drug-likeness (QED) is 0.801. The first-order chi connectivity index (χ1) is 10.7. The molecule has 3 rings (SSSR count). The van der Waals surface area contributed by atoms with E-state index in [-0.39, 0.29) is 0 Å². The molecule has 1 aliphatic rings. The number of benzene rings is 1. The summed E-state index contributed by atoms with van der Waals surface area (Å²) in [5.41, 5.74) is 3.89. The Kier molecular flexibility index (Phi) is 4.63. The van der Waals surface area contributed by atoms with Crippen LogP contribution in [0.15, 0.2) is 34.9 Å². The highest BCUT2D eigenvalue weighted by molar-refractivity contribution is 5.23. The molecule has 1 saturated heterocycles. The summed E-state index contributed by atoms with van der Waals surface area (Å²) in [6.07, 6.45) is 3.52. The van der Waals surface area contributed by atoms with Crippen LogP contribution in [0, 0.1) is 0 Å². The first-order valence-corrected chi connectivity index (χ1v) is 8.45. The number of hydrogen-bond acceptors (Lipinski definition) is 3. The van der Waals surface area contributed by atoms with Gasteiger partial charge in [-0.15, -0.1) is 0 Å². The number of likely N-dealkylation sites (tertiary alicyclic amines) is 1. The van der Waals surface area contributed by atoms with Crippen LogP contribution in [0.1, 0.15) is 68.2 Å². The van der Waals surface area contributed by atoms with Crippen molar-refractivity contribution in [2.75, 3.05) is 6.54 Å². The van der Waals surface area contributed by atoms with Crippen LogP contribution in [0.5, 0.6) is 0 Å². The van der Waals surface area contributed by atoms with Crippen molar-refractivity contribution in [3.63, 3.8) is 0 Å². The molecule has 0 saturated carbocycles. The average molecular weight is 298 g/mol. The zero-order valence-electron chi connectivity index (χ0n) is 13.9. The molecule has 0 bridgehead atoms. The second kappa shape index (κ2) is 6.66. The van der Waals surface area contributed by atoms with Gasteiger partial charge in [0.25, 0.3) is 0 Å². The maximum Gasteiger partial charge on any atom is 0.139 e. The SMILES string of the molecule is CCc1ccc(CN2CCC[C@@H]2c2cc(C(C)C)on2)cc1. The van der Waals surface area contributed by atoms with E-state index in [1.165, 1.54) is 24.0 Å². The molecular weight excluding hydrogens is 272 g/mol. The first-order valence-electron chi connectivity index (χ1n) is 8.45. The van der Waals surface area contributed by atoms with Crippen molar-refractivity contribution in [1.29, 1.82) is 0 Å². The third-order valence-electron chi connectivity index (χ3n) is 4.64. The van der Waals surface area contributed by atoms with Gasteiger partial charge < -0.3 is 4.52 Å². The molecule has 0 unspecified atom stereocenters. The standard InChI is InChI=1S/C19H26N2O/c1-4-15-7-9-16(10-8-15)13-21-11-5-6-18(21)17-12-19(14(2)3)22-20-17/h7-10,12,14,18H,4-6,11,13H2,1-3H3/t18-/m1/s1. The van der Waals surface area contributed by atoms with Gasteiger partial charge in [-0.05, 0) is 36.9 Å². The molecule has 0 aliphatic carbocycles. The highest BCUT2D eigenvalue weighted by Gasteiger charge is 2.28. The van der Waals surface area contributed by atoms with Crippen molar-refractivity contribution >= 4 is 0 Å². The van der Waals surface area contributed by atoms with Crippen LogP contribution in [0.3, 0.4) is 0 Å². The van der Waals surface area contributed by atoms with E-state index in [9.17, 15) is 0 Å². The predicted octanol–water partition coefficient (Wildman–Crippen LogP) is 4.70. The zero-order chi connectivity index (χ0) is 15.5. The number of aromatic nitrogens is 1.